The number of hydrogen-bond donors (Lipinski definition) is 1. The third-order valence-corrected chi connectivity index (χ3v) is 8.16. The fraction of sp³-hybridized carbons (Fsp3) is 0.750. The molecule has 0 bridgehead atoms. The van der Waals surface area contributed by atoms with Crippen molar-refractivity contribution in [1.82, 2.24) is 0 Å². The highest BCUT2D eigenvalue weighted by Gasteiger charge is 2.34. The summed E-state index contributed by atoms with van der Waals surface area (Å²) in [6, 6.07) is 10.8. The SMILES string of the molecule is CCC1(CCCO)CCC1.CCC1(CCCSc2ccccc2)CCC1. The molecule has 1 aromatic rings. The van der Waals surface area contributed by atoms with Gasteiger partial charge in [-0.3, -0.25) is 0 Å². The van der Waals surface area contributed by atoms with Gasteiger partial charge >= 0.3 is 0 Å². The van der Waals surface area contributed by atoms with E-state index in [1.807, 2.05) is 11.8 Å². The summed E-state index contributed by atoms with van der Waals surface area (Å²) >= 11 is 2.01. The van der Waals surface area contributed by atoms with E-state index in [2.05, 4.69) is 44.2 Å². The highest BCUT2D eigenvalue weighted by atomic mass is 32.2. The van der Waals surface area contributed by atoms with Crippen LogP contribution in [-0.2, 0) is 0 Å². The van der Waals surface area contributed by atoms with Crippen LogP contribution >= 0.6 is 11.8 Å². The van der Waals surface area contributed by atoms with E-state index in [1.54, 1.807) is 0 Å². The normalized spacial score (nSPS) is 19.7. The van der Waals surface area contributed by atoms with Gasteiger partial charge in [0, 0.05) is 11.5 Å². The maximum Gasteiger partial charge on any atom is 0.0431 e. The van der Waals surface area contributed by atoms with E-state index in [1.165, 1.54) is 81.3 Å². The van der Waals surface area contributed by atoms with Gasteiger partial charge in [0.1, 0.15) is 0 Å². The molecule has 0 atom stereocenters. The minimum atomic E-state index is 0.377. The Bertz CT molecular complexity index is 465. The van der Waals surface area contributed by atoms with Gasteiger partial charge in [-0.05, 0) is 80.1 Å². The summed E-state index contributed by atoms with van der Waals surface area (Å²) in [4.78, 5) is 1.42. The Morgan fingerprint density at radius 3 is 1.81 bits per heavy atom. The molecule has 2 fully saturated rings. The molecule has 1 N–H and O–H groups in total. The van der Waals surface area contributed by atoms with Crippen molar-refractivity contribution < 1.29 is 5.11 Å². The first kappa shape index (κ1) is 21.8. The Hall–Kier alpha value is -0.470. The van der Waals surface area contributed by atoms with Crippen molar-refractivity contribution >= 4 is 11.8 Å². The Morgan fingerprint density at radius 1 is 0.846 bits per heavy atom. The molecule has 3 rings (SSSR count). The van der Waals surface area contributed by atoms with Crippen LogP contribution in [0.4, 0.5) is 0 Å². The van der Waals surface area contributed by atoms with Crippen molar-refractivity contribution in [3.8, 4) is 0 Å². The molecule has 2 saturated carbocycles. The Morgan fingerprint density at radius 2 is 1.38 bits per heavy atom. The summed E-state index contributed by atoms with van der Waals surface area (Å²) in [6.45, 7) is 5.02. The minimum Gasteiger partial charge on any atom is -0.396 e. The lowest BCUT2D eigenvalue weighted by atomic mass is 9.64. The number of benzene rings is 1. The van der Waals surface area contributed by atoms with Crippen molar-refractivity contribution in [1.29, 1.82) is 0 Å². The van der Waals surface area contributed by atoms with Crippen molar-refractivity contribution in [2.75, 3.05) is 12.4 Å². The zero-order valence-electron chi connectivity index (χ0n) is 17.1. The first-order valence-electron chi connectivity index (χ1n) is 11.0. The van der Waals surface area contributed by atoms with Crippen molar-refractivity contribution in [2.45, 2.75) is 95.8 Å². The van der Waals surface area contributed by atoms with Gasteiger partial charge in [-0.2, -0.15) is 0 Å². The molecule has 0 heterocycles. The van der Waals surface area contributed by atoms with Crippen LogP contribution in [-0.4, -0.2) is 17.5 Å². The third-order valence-electron chi connectivity index (χ3n) is 7.06. The van der Waals surface area contributed by atoms with E-state index in [-0.39, 0.29) is 0 Å². The quantitative estimate of drug-likeness (QED) is 0.337. The maximum absolute atomic E-state index is 8.64. The minimum absolute atomic E-state index is 0.377. The molecule has 0 amide bonds. The molecule has 2 heteroatoms. The lowest BCUT2D eigenvalue weighted by Gasteiger charge is -2.41. The molecule has 26 heavy (non-hydrogen) atoms. The van der Waals surface area contributed by atoms with Gasteiger partial charge in [0.2, 0.25) is 0 Å². The largest absolute Gasteiger partial charge is 0.396 e. The average Bonchev–Trinajstić information content (AvgIpc) is 2.62. The number of hydrogen-bond acceptors (Lipinski definition) is 2. The van der Waals surface area contributed by atoms with E-state index < -0.39 is 0 Å². The highest BCUT2D eigenvalue weighted by Crippen LogP contribution is 2.48. The summed E-state index contributed by atoms with van der Waals surface area (Å²) in [5, 5.41) is 8.64. The lowest BCUT2D eigenvalue weighted by Crippen LogP contribution is -2.28. The zero-order chi connectivity index (χ0) is 18.7. The molecule has 1 nitrogen and oxygen atoms in total. The van der Waals surface area contributed by atoms with Gasteiger partial charge < -0.3 is 5.11 Å². The second kappa shape index (κ2) is 11.4. The third kappa shape index (κ3) is 6.60. The van der Waals surface area contributed by atoms with E-state index in [0.29, 0.717) is 12.0 Å². The van der Waals surface area contributed by atoms with Gasteiger partial charge in [-0.1, -0.05) is 57.7 Å². The highest BCUT2D eigenvalue weighted by molar-refractivity contribution is 7.99. The molecule has 0 spiro atoms. The molecule has 148 valence electrons. The summed E-state index contributed by atoms with van der Waals surface area (Å²) in [5.41, 5.74) is 1.40. The fourth-order valence-electron chi connectivity index (χ4n) is 4.52. The van der Waals surface area contributed by atoms with Crippen LogP contribution in [0.15, 0.2) is 35.2 Å². The maximum atomic E-state index is 8.64. The van der Waals surface area contributed by atoms with Crippen LogP contribution in [0.5, 0.6) is 0 Å². The average molecular weight is 377 g/mol. The molecule has 2 aliphatic carbocycles. The summed E-state index contributed by atoms with van der Waals surface area (Å²) in [6.07, 6.45) is 16.5. The van der Waals surface area contributed by atoms with Crippen LogP contribution < -0.4 is 0 Å². The van der Waals surface area contributed by atoms with Crippen molar-refractivity contribution in [2.24, 2.45) is 10.8 Å². The lowest BCUT2D eigenvalue weighted by molar-refractivity contribution is 0.1000. The van der Waals surface area contributed by atoms with Gasteiger partial charge in [0.15, 0.2) is 0 Å². The molecule has 0 radical (unpaired) electrons. The number of thioether (sulfide) groups is 1. The topological polar surface area (TPSA) is 20.2 Å². The predicted octanol–water partition coefficient (Wildman–Crippen LogP) is 7.48. The molecular formula is C24H40OS. The van der Waals surface area contributed by atoms with Gasteiger partial charge in [0.05, 0.1) is 0 Å². The monoisotopic (exact) mass is 376 g/mol. The predicted molar refractivity (Wildman–Crippen MR) is 116 cm³/mol. The van der Waals surface area contributed by atoms with Crippen LogP contribution in [0.2, 0.25) is 0 Å². The molecular weight excluding hydrogens is 336 g/mol. The standard InChI is InChI=1S/C15H22S.C9H18O/c1-2-15(10-6-11-15)12-7-13-16-14-8-4-3-5-9-14;1-2-9(5-3-6-9)7-4-8-10/h3-5,8-9H,2,6-7,10-13H2,1H3;10H,2-8H2,1H3. The smallest absolute Gasteiger partial charge is 0.0431 e. The second-order valence-electron chi connectivity index (χ2n) is 8.51. The zero-order valence-corrected chi connectivity index (χ0v) is 18.0. The Labute approximate surface area is 166 Å². The Balaban J connectivity index is 0.000000209. The first-order chi connectivity index (χ1) is 12.7. The van der Waals surface area contributed by atoms with E-state index in [0.717, 1.165) is 11.8 Å². The van der Waals surface area contributed by atoms with Crippen LogP contribution in [0.25, 0.3) is 0 Å². The molecule has 0 aliphatic heterocycles. The van der Waals surface area contributed by atoms with Gasteiger partial charge in [-0.25, -0.2) is 0 Å². The summed E-state index contributed by atoms with van der Waals surface area (Å²) in [5.74, 6) is 1.28. The first-order valence-corrected chi connectivity index (χ1v) is 11.9. The second-order valence-corrected chi connectivity index (χ2v) is 9.67. The molecule has 0 saturated heterocycles. The van der Waals surface area contributed by atoms with Crippen molar-refractivity contribution in [3.63, 3.8) is 0 Å². The molecule has 0 unspecified atom stereocenters. The van der Waals surface area contributed by atoms with Crippen LogP contribution in [0.1, 0.15) is 90.9 Å². The van der Waals surface area contributed by atoms with Gasteiger partial charge in [0.25, 0.3) is 0 Å². The number of rotatable bonds is 10. The summed E-state index contributed by atoms with van der Waals surface area (Å²) < 4.78 is 0. The molecule has 0 aromatic heterocycles. The van der Waals surface area contributed by atoms with Crippen molar-refractivity contribution in [3.05, 3.63) is 30.3 Å². The number of aliphatic hydroxyl groups is 1. The Kier molecular flexibility index (Phi) is 9.56. The summed E-state index contributed by atoms with van der Waals surface area (Å²) in [7, 11) is 0. The van der Waals surface area contributed by atoms with Crippen LogP contribution in [0.3, 0.4) is 0 Å². The van der Waals surface area contributed by atoms with Gasteiger partial charge in [-0.15, -0.1) is 11.8 Å². The van der Waals surface area contributed by atoms with E-state index >= 15 is 0 Å². The van der Waals surface area contributed by atoms with Crippen LogP contribution in [0, 0.1) is 10.8 Å². The number of aliphatic hydroxyl groups excluding tert-OH is 1. The molecule has 2 aliphatic rings. The fourth-order valence-corrected chi connectivity index (χ4v) is 5.40. The van der Waals surface area contributed by atoms with E-state index in [4.69, 9.17) is 5.11 Å². The molecule has 1 aromatic carbocycles. The van der Waals surface area contributed by atoms with E-state index in [9.17, 15) is 0 Å².